The first kappa shape index (κ1) is 18.1. The van der Waals surface area contributed by atoms with E-state index in [9.17, 15) is 4.79 Å². The molecule has 0 aromatic heterocycles. The lowest BCUT2D eigenvalue weighted by molar-refractivity contribution is -0.121. The summed E-state index contributed by atoms with van der Waals surface area (Å²) in [6.07, 6.45) is 1.87. The molecular formula is C19H19BrClNO3. The summed E-state index contributed by atoms with van der Waals surface area (Å²) in [6, 6.07) is 11.7. The highest BCUT2D eigenvalue weighted by atomic mass is 79.9. The average molecular weight is 425 g/mol. The summed E-state index contributed by atoms with van der Waals surface area (Å²) in [6.45, 7) is 1.60. The predicted molar refractivity (Wildman–Crippen MR) is 102 cm³/mol. The number of ether oxygens (including phenoxy) is 2. The molecule has 6 heteroatoms. The van der Waals surface area contributed by atoms with E-state index in [1.165, 1.54) is 0 Å². The molecule has 132 valence electrons. The number of rotatable bonds is 6. The standard InChI is InChI=1S/C19H19BrClNO3/c20-15-4-2-1-3-14(15)5-6-18(23)22-8-7-13-11-16(21)19-17(12-13)24-9-10-25-19/h1-4,11-12H,5-10H2,(H,22,23). The number of hydrogen-bond acceptors (Lipinski definition) is 3. The summed E-state index contributed by atoms with van der Waals surface area (Å²) in [7, 11) is 0. The van der Waals surface area contributed by atoms with E-state index < -0.39 is 0 Å². The Morgan fingerprint density at radius 3 is 2.80 bits per heavy atom. The predicted octanol–water partition coefficient (Wildman–Crippen LogP) is 4.17. The van der Waals surface area contributed by atoms with E-state index in [2.05, 4.69) is 21.2 Å². The van der Waals surface area contributed by atoms with Crippen LogP contribution in [0.3, 0.4) is 0 Å². The fourth-order valence-corrected chi connectivity index (χ4v) is 3.46. The molecule has 0 radical (unpaired) electrons. The minimum atomic E-state index is 0.0411. The van der Waals surface area contributed by atoms with Crippen molar-refractivity contribution in [2.75, 3.05) is 19.8 Å². The van der Waals surface area contributed by atoms with E-state index in [0.29, 0.717) is 55.5 Å². The minimum absolute atomic E-state index is 0.0411. The summed E-state index contributed by atoms with van der Waals surface area (Å²) < 4.78 is 12.1. The molecule has 0 bridgehead atoms. The molecule has 4 nitrogen and oxygen atoms in total. The van der Waals surface area contributed by atoms with Crippen LogP contribution in [-0.4, -0.2) is 25.7 Å². The van der Waals surface area contributed by atoms with Gasteiger partial charge in [0.1, 0.15) is 13.2 Å². The Kier molecular flexibility index (Phi) is 6.21. The van der Waals surface area contributed by atoms with Gasteiger partial charge in [0.15, 0.2) is 11.5 Å². The van der Waals surface area contributed by atoms with Crippen LogP contribution in [0, 0.1) is 0 Å². The van der Waals surface area contributed by atoms with Gasteiger partial charge in [-0.1, -0.05) is 45.7 Å². The first-order valence-corrected chi connectivity index (χ1v) is 9.38. The fourth-order valence-electron chi connectivity index (χ4n) is 2.69. The highest BCUT2D eigenvalue weighted by Gasteiger charge is 2.16. The van der Waals surface area contributed by atoms with Gasteiger partial charge in [-0.05, 0) is 42.2 Å². The molecule has 25 heavy (non-hydrogen) atoms. The van der Waals surface area contributed by atoms with Gasteiger partial charge in [-0.2, -0.15) is 0 Å². The molecule has 1 aliphatic rings. The van der Waals surface area contributed by atoms with Crippen molar-refractivity contribution in [3.63, 3.8) is 0 Å². The Balaban J connectivity index is 1.47. The lowest BCUT2D eigenvalue weighted by Crippen LogP contribution is -2.26. The Bertz CT molecular complexity index is 766. The topological polar surface area (TPSA) is 47.6 Å². The summed E-state index contributed by atoms with van der Waals surface area (Å²) in [5.41, 5.74) is 2.15. The Hall–Kier alpha value is -1.72. The number of halogens is 2. The third-order valence-corrected chi connectivity index (χ3v) is 5.03. The molecule has 0 atom stereocenters. The van der Waals surface area contributed by atoms with Gasteiger partial charge in [-0.3, -0.25) is 4.79 Å². The highest BCUT2D eigenvalue weighted by Crippen LogP contribution is 2.38. The van der Waals surface area contributed by atoms with Crippen LogP contribution >= 0.6 is 27.5 Å². The van der Waals surface area contributed by atoms with E-state index in [1.54, 1.807) is 0 Å². The smallest absolute Gasteiger partial charge is 0.220 e. The molecule has 0 fully saturated rings. The highest BCUT2D eigenvalue weighted by molar-refractivity contribution is 9.10. The van der Waals surface area contributed by atoms with Gasteiger partial charge in [0.25, 0.3) is 0 Å². The van der Waals surface area contributed by atoms with E-state index >= 15 is 0 Å². The molecule has 0 saturated carbocycles. The van der Waals surface area contributed by atoms with E-state index in [-0.39, 0.29) is 5.91 Å². The maximum atomic E-state index is 12.0. The molecule has 0 unspecified atom stereocenters. The Morgan fingerprint density at radius 2 is 1.96 bits per heavy atom. The number of carbonyl (C=O) groups excluding carboxylic acids is 1. The summed E-state index contributed by atoms with van der Waals surface area (Å²) >= 11 is 9.72. The first-order valence-electron chi connectivity index (χ1n) is 8.21. The number of benzene rings is 2. The van der Waals surface area contributed by atoms with E-state index in [0.717, 1.165) is 15.6 Å². The Morgan fingerprint density at radius 1 is 1.16 bits per heavy atom. The molecule has 0 aliphatic carbocycles. The zero-order valence-electron chi connectivity index (χ0n) is 13.7. The van der Waals surface area contributed by atoms with Crippen LogP contribution in [0.25, 0.3) is 0 Å². The van der Waals surface area contributed by atoms with Gasteiger partial charge in [0, 0.05) is 17.4 Å². The first-order chi connectivity index (χ1) is 12.1. The molecular weight excluding hydrogens is 406 g/mol. The third-order valence-electron chi connectivity index (χ3n) is 3.97. The third kappa shape index (κ3) is 4.89. The van der Waals surface area contributed by atoms with Crippen molar-refractivity contribution >= 4 is 33.4 Å². The zero-order chi connectivity index (χ0) is 17.6. The van der Waals surface area contributed by atoms with E-state index in [1.807, 2.05) is 36.4 Å². The summed E-state index contributed by atoms with van der Waals surface area (Å²) in [5, 5.41) is 3.50. The van der Waals surface area contributed by atoms with E-state index in [4.69, 9.17) is 21.1 Å². The molecule has 0 saturated heterocycles. The molecule has 2 aromatic carbocycles. The van der Waals surface area contributed by atoms with Crippen LogP contribution in [-0.2, 0) is 17.6 Å². The van der Waals surface area contributed by atoms with Gasteiger partial charge >= 0.3 is 0 Å². The quantitative estimate of drug-likeness (QED) is 0.757. The number of aryl methyl sites for hydroxylation is 1. The number of nitrogens with one attached hydrogen (secondary N) is 1. The van der Waals surface area contributed by atoms with Gasteiger partial charge in [-0.25, -0.2) is 0 Å². The normalized spacial score (nSPS) is 12.7. The fraction of sp³-hybridized carbons (Fsp3) is 0.316. The second-order valence-corrected chi connectivity index (χ2v) is 7.05. The van der Waals surface area contributed by atoms with Crippen molar-refractivity contribution in [3.8, 4) is 11.5 Å². The van der Waals surface area contributed by atoms with Crippen molar-refractivity contribution in [1.82, 2.24) is 5.32 Å². The van der Waals surface area contributed by atoms with Crippen molar-refractivity contribution in [1.29, 1.82) is 0 Å². The van der Waals surface area contributed by atoms with Crippen LogP contribution in [0.5, 0.6) is 11.5 Å². The van der Waals surface area contributed by atoms with Crippen LogP contribution < -0.4 is 14.8 Å². The molecule has 2 aromatic rings. The Labute approximate surface area is 160 Å². The summed E-state index contributed by atoms with van der Waals surface area (Å²) in [5.74, 6) is 1.32. The SMILES string of the molecule is O=C(CCc1ccccc1Br)NCCc1cc(Cl)c2c(c1)OCCO2. The van der Waals surface area contributed by atoms with Crippen molar-refractivity contribution in [2.45, 2.75) is 19.3 Å². The van der Waals surface area contributed by atoms with Crippen molar-refractivity contribution < 1.29 is 14.3 Å². The van der Waals surface area contributed by atoms with Gasteiger partial charge in [0.05, 0.1) is 5.02 Å². The number of amides is 1. The molecule has 3 rings (SSSR count). The average Bonchev–Trinajstić information content (AvgIpc) is 2.61. The molecule has 0 spiro atoms. The molecule has 1 aliphatic heterocycles. The van der Waals surface area contributed by atoms with Crippen LogP contribution in [0.1, 0.15) is 17.5 Å². The van der Waals surface area contributed by atoms with Crippen molar-refractivity contribution in [2.24, 2.45) is 0 Å². The maximum absolute atomic E-state index is 12.0. The second kappa shape index (κ2) is 8.59. The van der Waals surface area contributed by atoms with Gasteiger partial charge in [0.2, 0.25) is 5.91 Å². The van der Waals surface area contributed by atoms with Crippen LogP contribution in [0.15, 0.2) is 40.9 Å². The maximum Gasteiger partial charge on any atom is 0.220 e. The van der Waals surface area contributed by atoms with Gasteiger partial charge in [-0.15, -0.1) is 0 Å². The largest absolute Gasteiger partial charge is 0.486 e. The minimum Gasteiger partial charge on any atom is -0.486 e. The lowest BCUT2D eigenvalue weighted by atomic mass is 10.1. The number of hydrogen-bond donors (Lipinski definition) is 1. The van der Waals surface area contributed by atoms with Crippen LogP contribution in [0.4, 0.5) is 0 Å². The monoisotopic (exact) mass is 423 g/mol. The number of fused-ring (bicyclic) bond motifs is 1. The molecule has 1 N–H and O–H groups in total. The van der Waals surface area contributed by atoms with Crippen molar-refractivity contribution in [3.05, 3.63) is 57.0 Å². The van der Waals surface area contributed by atoms with Crippen LogP contribution in [0.2, 0.25) is 5.02 Å². The zero-order valence-corrected chi connectivity index (χ0v) is 16.0. The summed E-state index contributed by atoms with van der Waals surface area (Å²) in [4.78, 5) is 12.0. The second-order valence-electron chi connectivity index (χ2n) is 5.79. The molecule has 1 heterocycles. The number of carbonyl (C=O) groups is 1. The van der Waals surface area contributed by atoms with Gasteiger partial charge < -0.3 is 14.8 Å². The lowest BCUT2D eigenvalue weighted by Gasteiger charge is -2.20. The molecule has 1 amide bonds.